The Morgan fingerprint density at radius 2 is 1.88 bits per heavy atom. The van der Waals surface area contributed by atoms with Crippen LogP contribution in [-0.2, 0) is 4.83 Å². The van der Waals surface area contributed by atoms with Gasteiger partial charge in [-0.1, -0.05) is 6.08 Å². The third-order valence-corrected chi connectivity index (χ3v) is 2.92. The first-order chi connectivity index (χ1) is 7.57. The van der Waals surface area contributed by atoms with Gasteiger partial charge in [0.1, 0.15) is 0 Å². The van der Waals surface area contributed by atoms with Crippen molar-refractivity contribution in [3.8, 4) is 0 Å². The maximum absolute atomic E-state index is 12.8. The molecule has 0 unspecified atom stereocenters. The lowest BCUT2D eigenvalue weighted by atomic mass is 9.95. The van der Waals surface area contributed by atoms with Crippen LogP contribution in [0.2, 0.25) is 0 Å². The predicted molar refractivity (Wildman–Crippen MR) is 61.3 cm³/mol. The number of nitrogens with zero attached hydrogens (tertiary/aromatic N) is 2. The lowest BCUT2D eigenvalue weighted by molar-refractivity contribution is 0.103. The smallest absolute Gasteiger partial charge is 0.234 e. The molecule has 1 aromatic rings. The number of alkyl halides is 3. The molecule has 5 heteroatoms. The Hall–Kier alpha value is -0.840. The first kappa shape index (κ1) is 11.6. The molecule has 0 aromatic carbocycles. The zero-order chi connectivity index (χ0) is 11.6. The van der Waals surface area contributed by atoms with Crippen LogP contribution in [0.3, 0.4) is 0 Å². The minimum atomic E-state index is -3.15. The van der Waals surface area contributed by atoms with E-state index >= 15 is 0 Å². The molecule has 16 heavy (non-hydrogen) atoms. The molecule has 0 N–H and O–H groups in total. The molecular weight excluding hydrogens is 278 g/mol. The van der Waals surface area contributed by atoms with Gasteiger partial charge in [-0.25, -0.2) is 9.97 Å². The molecule has 0 bridgehead atoms. The SMILES string of the molecule is FC(F)(Br)c1ncc(C2=CCCCC2)cn1. The van der Waals surface area contributed by atoms with Gasteiger partial charge in [-0.05, 0) is 47.2 Å². The topological polar surface area (TPSA) is 25.8 Å². The van der Waals surface area contributed by atoms with E-state index in [1.165, 1.54) is 18.8 Å². The highest BCUT2D eigenvalue weighted by Crippen LogP contribution is 2.32. The fraction of sp³-hybridized carbons (Fsp3) is 0.455. The Labute approximate surface area is 101 Å². The van der Waals surface area contributed by atoms with Crippen LogP contribution in [0.25, 0.3) is 5.57 Å². The number of aromatic nitrogens is 2. The summed E-state index contributed by atoms with van der Waals surface area (Å²) in [7, 11) is 0. The van der Waals surface area contributed by atoms with E-state index in [-0.39, 0.29) is 0 Å². The molecule has 0 aliphatic heterocycles. The van der Waals surface area contributed by atoms with Crippen molar-refractivity contribution >= 4 is 21.5 Å². The summed E-state index contributed by atoms with van der Waals surface area (Å²) in [4.78, 5) is 4.21. The van der Waals surface area contributed by atoms with E-state index in [1.807, 2.05) is 0 Å². The molecular formula is C11H11BrF2N2. The van der Waals surface area contributed by atoms with Crippen LogP contribution in [0.15, 0.2) is 18.5 Å². The Morgan fingerprint density at radius 1 is 1.19 bits per heavy atom. The fourth-order valence-electron chi connectivity index (χ4n) is 1.74. The van der Waals surface area contributed by atoms with Crippen LogP contribution in [0, 0.1) is 0 Å². The zero-order valence-electron chi connectivity index (χ0n) is 8.59. The number of hydrogen-bond donors (Lipinski definition) is 0. The standard InChI is InChI=1S/C11H11BrF2N2/c12-11(13,14)10-15-6-9(7-16-10)8-4-2-1-3-5-8/h4,6-7H,1-3,5H2. The summed E-state index contributed by atoms with van der Waals surface area (Å²) in [6, 6.07) is 0. The van der Waals surface area contributed by atoms with Crippen molar-refractivity contribution in [3.63, 3.8) is 0 Å². The lowest BCUT2D eigenvalue weighted by Crippen LogP contribution is -2.09. The molecule has 2 rings (SSSR count). The minimum Gasteiger partial charge on any atom is -0.234 e. The van der Waals surface area contributed by atoms with E-state index in [9.17, 15) is 8.78 Å². The number of halogens is 3. The van der Waals surface area contributed by atoms with Gasteiger partial charge in [-0.2, -0.15) is 8.78 Å². The van der Waals surface area contributed by atoms with Crippen molar-refractivity contribution in [2.24, 2.45) is 0 Å². The van der Waals surface area contributed by atoms with Crippen molar-refractivity contribution in [1.82, 2.24) is 9.97 Å². The number of rotatable bonds is 2. The Balaban J connectivity index is 2.22. The normalized spacial score (nSPS) is 17.1. The second kappa shape index (κ2) is 4.57. The molecule has 0 fully saturated rings. The van der Waals surface area contributed by atoms with Gasteiger partial charge in [-0.15, -0.1) is 0 Å². The number of hydrogen-bond acceptors (Lipinski definition) is 2. The van der Waals surface area contributed by atoms with Gasteiger partial charge < -0.3 is 0 Å². The summed E-state index contributed by atoms with van der Waals surface area (Å²) in [5.74, 6) is -0.493. The molecule has 0 spiro atoms. The highest BCUT2D eigenvalue weighted by atomic mass is 79.9. The van der Waals surface area contributed by atoms with Crippen LogP contribution in [-0.4, -0.2) is 9.97 Å². The summed E-state index contributed by atoms with van der Waals surface area (Å²) in [5, 5.41) is 0. The Morgan fingerprint density at radius 3 is 2.38 bits per heavy atom. The highest BCUT2D eigenvalue weighted by Gasteiger charge is 2.30. The molecule has 1 aliphatic carbocycles. The fourth-order valence-corrected chi connectivity index (χ4v) is 1.95. The second-order valence-corrected chi connectivity index (χ2v) is 4.76. The predicted octanol–water partition coefficient (Wildman–Crippen LogP) is 3.88. The third-order valence-electron chi connectivity index (χ3n) is 2.57. The van der Waals surface area contributed by atoms with Crippen LogP contribution >= 0.6 is 15.9 Å². The molecule has 1 heterocycles. The van der Waals surface area contributed by atoms with Crippen molar-refractivity contribution in [1.29, 1.82) is 0 Å². The van der Waals surface area contributed by atoms with Crippen LogP contribution < -0.4 is 0 Å². The van der Waals surface area contributed by atoms with Gasteiger partial charge in [0.2, 0.25) is 5.82 Å². The Kier molecular flexibility index (Phi) is 3.33. The molecule has 86 valence electrons. The molecule has 0 saturated heterocycles. The van der Waals surface area contributed by atoms with E-state index in [0.717, 1.165) is 30.4 Å². The van der Waals surface area contributed by atoms with Crippen molar-refractivity contribution in [3.05, 3.63) is 29.9 Å². The maximum Gasteiger partial charge on any atom is 0.359 e. The van der Waals surface area contributed by atoms with E-state index in [0.29, 0.717) is 0 Å². The van der Waals surface area contributed by atoms with E-state index in [4.69, 9.17) is 0 Å². The van der Waals surface area contributed by atoms with Crippen LogP contribution in [0.5, 0.6) is 0 Å². The molecule has 1 aliphatic rings. The summed E-state index contributed by atoms with van der Waals surface area (Å²) >= 11 is 2.23. The van der Waals surface area contributed by atoms with Crippen molar-refractivity contribution < 1.29 is 8.78 Å². The summed E-state index contributed by atoms with van der Waals surface area (Å²) in [5.41, 5.74) is 2.01. The average Bonchev–Trinajstić information content (AvgIpc) is 2.29. The van der Waals surface area contributed by atoms with Gasteiger partial charge in [0.05, 0.1) is 0 Å². The van der Waals surface area contributed by atoms with Gasteiger partial charge in [0.15, 0.2) is 0 Å². The monoisotopic (exact) mass is 288 g/mol. The summed E-state index contributed by atoms with van der Waals surface area (Å²) < 4.78 is 25.6. The number of allylic oxidation sites excluding steroid dienone is 2. The highest BCUT2D eigenvalue weighted by molar-refractivity contribution is 9.09. The van der Waals surface area contributed by atoms with Crippen LogP contribution in [0.1, 0.15) is 37.1 Å². The lowest BCUT2D eigenvalue weighted by Gasteiger charge is -2.13. The van der Waals surface area contributed by atoms with E-state index in [1.54, 1.807) is 0 Å². The quantitative estimate of drug-likeness (QED) is 0.772. The molecule has 2 nitrogen and oxygen atoms in total. The summed E-state index contributed by atoms with van der Waals surface area (Å²) in [6.45, 7) is 0. The third kappa shape index (κ3) is 2.64. The van der Waals surface area contributed by atoms with E-state index in [2.05, 4.69) is 32.0 Å². The second-order valence-electron chi connectivity index (χ2n) is 3.77. The van der Waals surface area contributed by atoms with Gasteiger partial charge in [0.25, 0.3) is 0 Å². The van der Waals surface area contributed by atoms with Crippen molar-refractivity contribution in [2.75, 3.05) is 0 Å². The average molecular weight is 289 g/mol. The molecule has 0 amide bonds. The maximum atomic E-state index is 12.8. The van der Waals surface area contributed by atoms with Crippen LogP contribution in [0.4, 0.5) is 8.78 Å². The first-order valence-electron chi connectivity index (χ1n) is 5.16. The van der Waals surface area contributed by atoms with E-state index < -0.39 is 10.7 Å². The molecule has 0 saturated carbocycles. The minimum absolute atomic E-state index is 0.493. The van der Waals surface area contributed by atoms with Gasteiger partial charge in [0, 0.05) is 18.0 Å². The Bertz CT molecular complexity index is 395. The van der Waals surface area contributed by atoms with Crippen molar-refractivity contribution in [2.45, 2.75) is 30.5 Å². The first-order valence-corrected chi connectivity index (χ1v) is 5.95. The molecule has 0 atom stereocenters. The molecule has 0 radical (unpaired) electrons. The zero-order valence-corrected chi connectivity index (χ0v) is 10.2. The summed E-state index contributed by atoms with van der Waals surface area (Å²) in [6.07, 6.45) is 9.43. The largest absolute Gasteiger partial charge is 0.359 e. The van der Waals surface area contributed by atoms with Gasteiger partial charge >= 0.3 is 4.83 Å². The van der Waals surface area contributed by atoms with Gasteiger partial charge in [-0.3, -0.25) is 0 Å². The molecule has 1 aromatic heterocycles.